The number of carbonyl (C=O) groups is 1. The SMILES string of the molecule is Cc1ccc(N=Nc2cc(C)ccc2NC(=O)c2ccc(C(C)(C)C)cc2)cc1. The largest absolute Gasteiger partial charge is 0.320 e. The molecule has 29 heavy (non-hydrogen) atoms. The Bertz CT molecular complexity index is 1030. The number of carbonyl (C=O) groups excluding carboxylic acids is 1. The lowest BCUT2D eigenvalue weighted by atomic mass is 9.87. The zero-order valence-electron chi connectivity index (χ0n) is 17.7. The number of azo groups is 1. The van der Waals surface area contributed by atoms with Crippen LogP contribution in [0, 0.1) is 13.8 Å². The Kier molecular flexibility index (Phi) is 5.92. The van der Waals surface area contributed by atoms with Gasteiger partial charge >= 0.3 is 0 Å². The highest BCUT2D eigenvalue weighted by atomic mass is 16.1. The first kappa shape index (κ1) is 20.5. The summed E-state index contributed by atoms with van der Waals surface area (Å²) in [7, 11) is 0. The van der Waals surface area contributed by atoms with E-state index in [4.69, 9.17) is 0 Å². The van der Waals surface area contributed by atoms with E-state index in [1.54, 1.807) is 0 Å². The number of benzene rings is 3. The maximum atomic E-state index is 12.7. The van der Waals surface area contributed by atoms with Crippen molar-refractivity contribution in [3.8, 4) is 0 Å². The van der Waals surface area contributed by atoms with Gasteiger partial charge in [-0.2, -0.15) is 5.11 Å². The zero-order chi connectivity index (χ0) is 21.0. The minimum atomic E-state index is -0.166. The number of anilines is 1. The summed E-state index contributed by atoms with van der Waals surface area (Å²) >= 11 is 0. The molecule has 0 radical (unpaired) electrons. The molecule has 4 heteroatoms. The van der Waals surface area contributed by atoms with Crippen molar-refractivity contribution < 1.29 is 4.79 Å². The summed E-state index contributed by atoms with van der Waals surface area (Å²) < 4.78 is 0. The minimum absolute atomic E-state index is 0.0511. The predicted octanol–water partition coefficient (Wildman–Crippen LogP) is 7.27. The molecular formula is C25H27N3O. The van der Waals surface area contributed by atoms with Crippen molar-refractivity contribution in [1.29, 1.82) is 0 Å². The van der Waals surface area contributed by atoms with E-state index in [0.717, 1.165) is 11.3 Å². The summed E-state index contributed by atoms with van der Waals surface area (Å²) in [5.41, 5.74) is 6.11. The lowest BCUT2D eigenvalue weighted by Crippen LogP contribution is -2.14. The molecular weight excluding hydrogens is 358 g/mol. The van der Waals surface area contributed by atoms with Gasteiger partial charge < -0.3 is 5.32 Å². The van der Waals surface area contributed by atoms with Crippen molar-refractivity contribution in [2.24, 2.45) is 10.2 Å². The first-order valence-corrected chi connectivity index (χ1v) is 9.73. The van der Waals surface area contributed by atoms with Gasteiger partial charge in [0.25, 0.3) is 5.91 Å². The molecule has 0 spiro atoms. The summed E-state index contributed by atoms with van der Waals surface area (Å²) in [6, 6.07) is 21.3. The zero-order valence-corrected chi connectivity index (χ0v) is 17.7. The maximum Gasteiger partial charge on any atom is 0.255 e. The monoisotopic (exact) mass is 385 g/mol. The van der Waals surface area contributed by atoms with E-state index < -0.39 is 0 Å². The van der Waals surface area contributed by atoms with Crippen LogP contribution in [0.5, 0.6) is 0 Å². The number of rotatable bonds is 4. The Labute approximate surface area is 172 Å². The Hall–Kier alpha value is -3.27. The lowest BCUT2D eigenvalue weighted by Gasteiger charge is -2.19. The summed E-state index contributed by atoms with van der Waals surface area (Å²) in [5, 5.41) is 11.6. The number of aryl methyl sites for hydroxylation is 2. The molecule has 148 valence electrons. The fraction of sp³-hybridized carbons (Fsp3) is 0.240. The van der Waals surface area contributed by atoms with Crippen molar-refractivity contribution in [2.75, 3.05) is 5.32 Å². The van der Waals surface area contributed by atoms with Crippen molar-refractivity contribution in [2.45, 2.75) is 40.0 Å². The number of nitrogens with one attached hydrogen (secondary N) is 1. The highest BCUT2D eigenvalue weighted by molar-refractivity contribution is 6.05. The quantitative estimate of drug-likeness (QED) is 0.472. The van der Waals surface area contributed by atoms with E-state index in [0.29, 0.717) is 16.9 Å². The first-order valence-electron chi connectivity index (χ1n) is 9.73. The van der Waals surface area contributed by atoms with E-state index in [2.05, 4.69) is 36.3 Å². The van der Waals surface area contributed by atoms with Gasteiger partial charge in [-0.3, -0.25) is 4.79 Å². The smallest absolute Gasteiger partial charge is 0.255 e. The number of hydrogen-bond donors (Lipinski definition) is 1. The van der Waals surface area contributed by atoms with Gasteiger partial charge in [-0.05, 0) is 66.8 Å². The summed E-state index contributed by atoms with van der Waals surface area (Å²) in [6.45, 7) is 10.5. The third-order valence-corrected chi connectivity index (χ3v) is 4.72. The predicted molar refractivity (Wildman–Crippen MR) is 120 cm³/mol. The lowest BCUT2D eigenvalue weighted by molar-refractivity contribution is 0.102. The van der Waals surface area contributed by atoms with Crippen LogP contribution < -0.4 is 5.32 Å². The van der Waals surface area contributed by atoms with Gasteiger partial charge in [-0.15, -0.1) is 5.11 Å². The van der Waals surface area contributed by atoms with Gasteiger partial charge in [0.2, 0.25) is 0 Å². The van der Waals surface area contributed by atoms with Gasteiger partial charge in [-0.1, -0.05) is 56.7 Å². The summed E-state index contributed by atoms with van der Waals surface area (Å²) in [6.07, 6.45) is 0. The Morgan fingerprint density at radius 3 is 2.03 bits per heavy atom. The van der Waals surface area contributed by atoms with Crippen LogP contribution >= 0.6 is 0 Å². The molecule has 0 heterocycles. The summed E-state index contributed by atoms with van der Waals surface area (Å²) in [5.74, 6) is -0.166. The minimum Gasteiger partial charge on any atom is -0.320 e. The molecule has 3 aromatic rings. The van der Waals surface area contributed by atoms with Crippen molar-refractivity contribution >= 4 is 23.0 Å². The van der Waals surface area contributed by atoms with Crippen LogP contribution in [0.1, 0.15) is 47.8 Å². The molecule has 0 unspecified atom stereocenters. The molecule has 0 bridgehead atoms. The second-order valence-corrected chi connectivity index (χ2v) is 8.34. The Morgan fingerprint density at radius 1 is 0.793 bits per heavy atom. The van der Waals surface area contributed by atoms with Crippen LogP contribution in [0.4, 0.5) is 17.1 Å². The normalized spacial score (nSPS) is 11.6. The fourth-order valence-corrected chi connectivity index (χ4v) is 2.87. The third kappa shape index (κ3) is 5.38. The molecule has 0 saturated carbocycles. The molecule has 0 fully saturated rings. The summed E-state index contributed by atoms with van der Waals surface area (Å²) in [4.78, 5) is 12.7. The molecule has 3 aromatic carbocycles. The van der Waals surface area contributed by atoms with E-state index in [9.17, 15) is 4.79 Å². The van der Waals surface area contributed by atoms with Crippen LogP contribution in [0.2, 0.25) is 0 Å². The molecule has 0 aromatic heterocycles. The van der Waals surface area contributed by atoms with E-state index >= 15 is 0 Å². The third-order valence-electron chi connectivity index (χ3n) is 4.72. The molecule has 4 nitrogen and oxygen atoms in total. The highest BCUT2D eigenvalue weighted by Gasteiger charge is 2.15. The van der Waals surface area contributed by atoms with E-state index in [1.807, 2.05) is 80.6 Å². The van der Waals surface area contributed by atoms with Crippen molar-refractivity contribution in [1.82, 2.24) is 0 Å². The van der Waals surface area contributed by atoms with Gasteiger partial charge in [0.1, 0.15) is 5.69 Å². The van der Waals surface area contributed by atoms with Crippen LogP contribution in [-0.2, 0) is 5.41 Å². The van der Waals surface area contributed by atoms with E-state index in [1.165, 1.54) is 11.1 Å². The fourth-order valence-electron chi connectivity index (χ4n) is 2.87. The maximum absolute atomic E-state index is 12.7. The molecule has 0 aliphatic heterocycles. The standard InChI is InChI=1S/C25H27N3O/c1-17-6-13-21(14-7-17)27-28-23-16-18(2)8-15-22(23)26-24(29)19-9-11-20(12-10-19)25(3,4)5/h6-16H,1-5H3,(H,26,29). The van der Waals surface area contributed by atoms with Crippen LogP contribution in [0.25, 0.3) is 0 Å². The van der Waals surface area contributed by atoms with Gasteiger partial charge in [0.15, 0.2) is 0 Å². The first-order chi connectivity index (χ1) is 13.7. The van der Waals surface area contributed by atoms with Crippen LogP contribution in [0.15, 0.2) is 77.0 Å². The number of amides is 1. The Balaban J connectivity index is 1.82. The molecule has 0 saturated heterocycles. The van der Waals surface area contributed by atoms with Gasteiger partial charge in [0.05, 0.1) is 11.4 Å². The highest BCUT2D eigenvalue weighted by Crippen LogP contribution is 2.29. The molecule has 3 rings (SSSR count). The van der Waals surface area contributed by atoms with Crippen LogP contribution in [-0.4, -0.2) is 5.91 Å². The molecule has 0 atom stereocenters. The second kappa shape index (κ2) is 8.39. The second-order valence-electron chi connectivity index (χ2n) is 8.34. The van der Waals surface area contributed by atoms with Gasteiger partial charge in [0, 0.05) is 5.56 Å². The molecule has 0 aliphatic rings. The molecule has 0 aliphatic carbocycles. The van der Waals surface area contributed by atoms with Gasteiger partial charge in [-0.25, -0.2) is 0 Å². The average Bonchev–Trinajstić information content (AvgIpc) is 2.68. The van der Waals surface area contributed by atoms with Crippen molar-refractivity contribution in [3.05, 3.63) is 89.0 Å². The Morgan fingerprint density at radius 2 is 1.41 bits per heavy atom. The van der Waals surface area contributed by atoms with Crippen LogP contribution in [0.3, 0.4) is 0 Å². The molecule has 1 amide bonds. The number of hydrogen-bond acceptors (Lipinski definition) is 3. The topological polar surface area (TPSA) is 53.8 Å². The number of nitrogens with zero attached hydrogens (tertiary/aromatic N) is 2. The van der Waals surface area contributed by atoms with E-state index in [-0.39, 0.29) is 11.3 Å². The van der Waals surface area contributed by atoms with Crippen molar-refractivity contribution in [3.63, 3.8) is 0 Å². The molecule has 1 N–H and O–H groups in total. The average molecular weight is 386 g/mol.